The number of halogens is 1. The molecule has 34 heavy (non-hydrogen) atoms. The van der Waals surface area contributed by atoms with Gasteiger partial charge in [0.15, 0.2) is 5.13 Å². The Bertz CT molecular complexity index is 1210. The molecule has 1 atom stereocenters. The number of anilines is 1. The van der Waals surface area contributed by atoms with E-state index in [-0.39, 0.29) is 18.4 Å². The van der Waals surface area contributed by atoms with Crippen LogP contribution in [0, 0.1) is 17.2 Å². The van der Waals surface area contributed by atoms with Gasteiger partial charge in [0.25, 0.3) is 0 Å². The van der Waals surface area contributed by atoms with Crippen molar-refractivity contribution in [2.45, 2.75) is 58.7 Å². The molecule has 176 valence electrons. The highest BCUT2D eigenvalue weighted by Crippen LogP contribution is 2.43. The number of carbonyl (C=O) groups is 1. The van der Waals surface area contributed by atoms with Crippen molar-refractivity contribution in [3.8, 4) is 6.07 Å². The van der Waals surface area contributed by atoms with Gasteiger partial charge in [0.1, 0.15) is 0 Å². The predicted octanol–water partition coefficient (Wildman–Crippen LogP) is 6.49. The third kappa shape index (κ3) is 5.33. The van der Waals surface area contributed by atoms with Crippen LogP contribution >= 0.6 is 22.9 Å². The minimum Gasteiger partial charge on any atom is -0.302 e. The number of hydrogen-bond acceptors (Lipinski definition) is 5. The van der Waals surface area contributed by atoms with Crippen molar-refractivity contribution in [2.75, 3.05) is 5.32 Å². The Morgan fingerprint density at radius 3 is 2.47 bits per heavy atom. The molecule has 2 heterocycles. The third-order valence-electron chi connectivity index (χ3n) is 6.24. The third-order valence-corrected chi connectivity index (χ3v) is 7.47. The fraction of sp³-hybridized carbons (Fsp3) is 0.370. The lowest BCUT2D eigenvalue weighted by atomic mass is 9.86. The summed E-state index contributed by atoms with van der Waals surface area (Å²) in [6.07, 6.45) is 0.272. The molecule has 0 bridgehead atoms. The number of aromatic nitrogens is 1. The lowest BCUT2D eigenvalue weighted by Gasteiger charge is -2.27. The van der Waals surface area contributed by atoms with E-state index < -0.39 is 5.41 Å². The van der Waals surface area contributed by atoms with Crippen LogP contribution in [0.5, 0.6) is 0 Å². The molecule has 1 aliphatic rings. The van der Waals surface area contributed by atoms with Gasteiger partial charge in [-0.05, 0) is 48.6 Å². The van der Waals surface area contributed by atoms with Gasteiger partial charge in [-0.3, -0.25) is 9.69 Å². The zero-order chi connectivity index (χ0) is 24.5. The summed E-state index contributed by atoms with van der Waals surface area (Å²) < 4.78 is 0. The maximum absolute atomic E-state index is 12.7. The Hall–Kier alpha value is -2.72. The van der Waals surface area contributed by atoms with Crippen molar-refractivity contribution >= 4 is 34.0 Å². The van der Waals surface area contributed by atoms with E-state index >= 15 is 0 Å². The number of hydrogen-bond donors (Lipinski definition) is 1. The smallest absolute Gasteiger partial charge is 0.230 e. The van der Waals surface area contributed by atoms with E-state index in [1.165, 1.54) is 10.4 Å². The number of carbonyl (C=O) groups excluding carboxylic acids is 1. The largest absolute Gasteiger partial charge is 0.302 e. The van der Waals surface area contributed by atoms with Gasteiger partial charge in [0, 0.05) is 23.0 Å². The van der Waals surface area contributed by atoms with E-state index in [4.69, 9.17) is 16.6 Å². The molecule has 0 saturated carbocycles. The molecular formula is C27H29ClN4OS. The first kappa shape index (κ1) is 24.4. The molecule has 3 aromatic rings. The second-order valence-corrected chi connectivity index (χ2v) is 11.2. The van der Waals surface area contributed by atoms with E-state index in [1.54, 1.807) is 11.3 Å². The first-order valence-corrected chi connectivity index (χ1v) is 12.6. The zero-order valence-corrected chi connectivity index (χ0v) is 21.5. The summed E-state index contributed by atoms with van der Waals surface area (Å²) >= 11 is 7.60. The van der Waals surface area contributed by atoms with E-state index in [9.17, 15) is 10.1 Å². The van der Waals surface area contributed by atoms with Crippen molar-refractivity contribution in [3.05, 3.63) is 80.8 Å². The molecule has 0 aliphatic carbocycles. The quantitative estimate of drug-likeness (QED) is 0.409. The standard InChI is InChI=1S/C27H29ClN4OS/c1-17(2)25-24-22(15-32(25)14-19-7-11-21(28)12-8-19)34-26(31-24)30-23(33)13-18-5-9-20(10-6-18)27(3,4)16-29/h5-12,17,25H,13-15H2,1-4H3,(H,30,31,33)/t25-/m0/s1. The predicted molar refractivity (Wildman–Crippen MR) is 138 cm³/mol. The summed E-state index contributed by atoms with van der Waals surface area (Å²) in [6, 6.07) is 18.2. The second-order valence-electron chi connectivity index (χ2n) is 9.71. The van der Waals surface area contributed by atoms with Gasteiger partial charge in [-0.15, -0.1) is 11.3 Å². The van der Waals surface area contributed by atoms with Crippen LogP contribution in [-0.2, 0) is 29.7 Å². The molecule has 1 N–H and O–H groups in total. The summed E-state index contributed by atoms with van der Waals surface area (Å²) in [4.78, 5) is 21.2. The molecule has 1 amide bonds. The highest BCUT2D eigenvalue weighted by atomic mass is 35.5. The lowest BCUT2D eigenvalue weighted by molar-refractivity contribution is -0.115. The van der Waals surface area contributed by atoms with Crippen LogP contribution in [0.3, 0.4) is 0 Å². The van der Waals surface area contributed by atoms with Crippen LogP contribution in [0.2, 0.25) is 5.02 Å². The van der Waals surface area contributed by atoms with Gasteiger partial charge in [-0.1, -0.05) is 61.8 Å². The summed E-state index contributed by atoms with van der Waals surface area (Å²) in [5.41, 5.74) is 3.61. The van der Waals surface area contributed by atoms with Crippen molar-refractivity contribution in [2.24, 2.45) is 5.92 Å². The molecule has 0 radical (unpaired) electrons. The number of thiazole rings is 1. The van der Waals surface area contributed by atoms with Crippen LogP contribution < -0.4 is 5.32 Å². The SMILES string of the molecule is CC(C)[C@H]1c2nc(NC(=O)Cc3ccc(C(C)(C)C#N)cc3)sc2CN1Cc1ccc(Cl)cc1. The number of nitrogens with one attached hydrogen (secondary N) is 1. The number of rotatable bonds is 7. The molecule has 0 saturated heterocycles. The number of nitriles is 1. The molecule has 2 aromatic carbocycles. The van der Waals surface area contributed by atoms with Gasteiger partial charge >= 0.3 is 0 Å². The normalized spacial score (nSPS) is 15.9. The molecule has 5 nitrogen and oxygen atoms in total. The van der Waals surface area contributed by atoms with Gasteiger partial charge in [0.05, 0.1) is 29.6 Å². The van der Waals surface area contributed by atoms with Crippen LogP contribution in [-0.4, -0.2) is 15.8 Å². The van der Waals surface area contributed by atoms with Gasteiger partial charge in [-0.25, -0.2) is 4.98 Å². The minimum atomic E-state index is -0.545. The van der Waals surface area contributed by atoms with Gasteiger partial charge in [-0.2, -0.15) is 5.26 Å². The molecule has 7 heteroatoms. The number of benzene rings is 2. The molecule has 1 aromatic heterocycles. The van der Waals surface area contributed by atoms with Crippen LogP contribution in [0.25, 0.3) is 0 Å². The van der Waals surface area contributed by atoms with Crippen LogP contribution in [0.4, 0.5) is 5.13 Å². The molecule has 0 spiro atoms. The van der Waals surface area contributed by atoms with Crippen molar-refractivity contribution in [3.63, 3.8) is 0 Å². The van der Waals surface area contributed by atoms with Crippen molar-refractivity contribution < 1.29 is 4.79 Å². The zero-order valence-electron chi connectivity index (χ0n) is 19.9. The first-order valence-electron chi connectivity index (χ1n) is 11.4. The fourth-order valence-corrected chi connectivity index (χ4v) is 5.56. The van der Waals surface area contributed by atoms with Crippen molar-refractivity contribution in [1.82, 2.24) is 9.88 Å². The molecule has 0 unspecified atom stereocenters. The fourth-order valence-electron chi connectivity index (χ4n) is 4.39. The Morgan fingerprint density at radius 1 is 1.21 bits per heavy atom. The van der Waals surface area contributed by atoms with E-state index in [0.29, 0.717) is 11.0 Å². The molecular weight excluding hydrogens is 464 g/mol. The number of amides is 1. The monoisotopic (exact) mass is 492 g/mol. The summed E-state index contributed by atoms with van der Waals surface area (Å²) in [5.74, 6) is 0.314. The average Bonchev–Trinajstić information content (AvgIpc) is 3.31. The van der Waals surface area contributed by atoms with Crippen LogP contribution in [0.1, 0.15) is 61.0 Å². The average molecular weight is 493 g/mol. The molecule has 1 aliphatic heterocycles. The number of nitrogens with zero attached hydrogens (tertiary/aromatic N) is 3. The van der Waals surface area contributed by atoms with E-state index in [1.807, 2.05) is 50.2 Å². The Morgan fingerprint density at radius 2 is 1.85 bits per heavy atom. The first-order chi connectivity index (χ1) is 16.2. The van der Waals surface area contributed by atoms with Crippen molar-refractivity contribution in [1.29, 1.82) is 5.26 Å². The van der Waals surface area contributed by atoms with E-state index in [0.717, 1.165) is 34.9 Å². The highest BCUT2D eigenvalue weighted by molar-refractivity contribution is 7.15. The highest BCUT2D eigenvalue weighted by Gasteiger charge is 2.36. The topological polar surface area (TPSA) is 69.0 Å². The Labute approximate surface area is 210 Å². The minimum absolute atomic E-state index is 0.0844. The van der Waals surface area contributed by atoms with Gasteiger partial charge < -0.3 is 5.32 Å². The Balaban J connectivity index is 1.41. The van der Waals surface area contributed by atoms with E-state index in [2.05, 4.69) is 42.3 Å². The summed E-state index contributed by atoms with van der Waals surface area (Å²) in [5, 5.41) is 13.7. The molecule has 4 rings (SSSR count). The summed E-state index contributed by atoms with van der Waals surface area (Å²) in [7, 11) is 0. The second kappa shape index (κ2) is 9.87. The number of fused-ring (bicyclic) bond motifs is 1. The van der Waals surface area contributed by atoms with Crippen LogP contribution in [0.15, 0.2) is 48.5 Å². The summed E-state index contributed by atoms with van der Waals surface area (Å²) in [6.45, 7) is 9.86. The Kier molecular flexibility index (Phi) is 7.09. The lowest BCUT2D eigenvalue weighted by Crippen LogP contribution is -2.26. The molecule has 0 fully saturated rings. The maximum Gasteiger partial charge on any atom is 0.230 e. The van der Waals surface area contributed by atoms with Gasteiger partial charge in [0.2, 0.25) is 5.91 Å². The maximum atomic E-state index is 12.7.